The maximum Gasteiger partial charge on any atom is 0.209 e. The predicted octanol–water partition coefficient (Wildman–Crippen LogP) is 0.980. The molecule has 8 heteroatoms. The molecular formula is C13H12F2N4O2. The van der Waals surface area contributed by atoms with Gasteiger partial charge in [-0.25, -0.2) is 8.78 Å². The van der Waals surface area contributed by atoms with E-state index < -0.39 is 11.6 Å². The third-order valence-corrected chi connectivity index (χ3v) is 3.28. The predicted molar refractivity (Wildman–Crippen MR) is 68.4 cm³/mol. The molecule has 0 spiro atoms. The Morgan fingerprint density at radius 3 is 2.71 bits per heavy atom. The van der Waals surface area contributed by atoms with Gasteiger partial charge in [-0.1, -0.05) is 0 Å². The molecule has 0 radical (unpaired) electrons. The first-order chi connectivity index (χ1) is 10.1. The highest BCUT2D eigenvalue weighted by Gasteiger charge is 2.28. The molecule has 0 atom stereocenters. The van der Waals surface area contributed by atoms with Gasteiger partial charge in [-0.15, -0.1) is 0 Å². The number of halogens is 2. The summed E-state index contributed by atoms with van der Waals surface area (Å²) in [6.45, 7) is 0.807. The van der Waals surface area contributed by atoms with Gasteiger partial charge in [0.15, 0.2) is 17.4 Å². The van der Waals surface area contributed by atoms with E-state index in [1.54, 1.807) is 7.05 Å². The average molecular weight is 294 g/mol. The van der Waals surface area contributed by atoms with Crippen LogP contribution in [0, 0.1) is 11.6 Å². The number of aryl methyl sites for hydroxylation is 1. The molecule has 1 amide bonds. The summed E-state index contributed by atoms with van der Waals surface area (Å²) in [7, 11) is 1.57. The largest absolute Gasteiger partial charge is 0.484 e. The fraction of sp³-hybridized carbons (Fsp3) is 0.308. The summed E-state index contributed by atoms with van der Waals surface area (Å²) < 4.78 is 34.2. The van der Waals surface area contributed by atoms with Crippen molar-refractivity contribution in [2.75, 3.05) is 13.1 Å². The molecule has 6 nitrogen and oxygen atoms in total. The smallest absolute Gasteiger partial charge is 0.209 e. The van der Waals surface area contributed by atoms with E-state index in [4.69, 9.17) is 4.74 Å². The van der Waals surface area contributed by atoms with Crippen molar-refractivity contribution in [1.29, 1.82) is 0 Å². The summed E-state index contributed by atoms with van der Waals surface area (Å²) in [4.78, 5) is 15.8. The van der Waals surface area contributed by atoms with Crippen molar-refractivity contribution in [2.24, 2.45) is 7.05 Å². The van der Waals surface area contributed by atoms with Crippen LogP contribution in [0.4, 0.5) is 8.78 Å². The monoisotopic (exact) mass is 294 g/mol. The number of pyridine rings is 1. The summed E-state index contributed by atoms with van der Waals surface area (Å²) in [5.74, 6) is -1.19. The van der Waals surface area contributed by atoms with E-state index in [1.807, 2.05) is 0 Å². The summed E-state index contributed by atoms with van der Waals surface area (Å²) in [6.07, 6.45) is 2.48. The number of carbonyl (C=O) groups excluding carboxylic acids is 1. The molecule has 2 aromatic heterocycles. The van der Waals surface area contributed by atoms with Gasteiger partial charge in [0.2, 0.25) is 6.41 Å². The summed E-state index contributed by atoms with van der Waals surface area (Å²) in [5.41, 5.74) is 0.387. The van der Waals surface area contributed by atoms with Crippen LogP contribution in [0.2, 0.25) is 0 Å². The van der Waals surface area contributed by atoms with Gasteiger partial charge in [0, 0.05) is 13.1 Å². The molecule has 0 N–H and O–H groups in total. The number of likely N-dealkylation sites (tertiary alicyclic amines) is 1. The van der Waals surface area contributed by atoms with Crippen LogP contribution in [0.15, 0.2) is 18.5 Å². The Morgan fingerprint density at radius 1 is 1.33 bits per heavy atom. The molecule has 0 bridgehead atoms. The molecule has 2 aromatic rings. The lowest BCUT2D eigenvalue weighted by Crippen LogP contribution is -2.52. The SMILES string of the molecule is Cn1ncc(F)c1-c1cc(OC2CN(C=O)C2)c(F)cn1. The molecule has 3 rings (SSSR count). The molecule has 0 unspecified atom stereocenters. The molecule has 1 aliphatic rings. The Labute approximate surface area is 119 Å². The summed E-state index contributed by atoms with van der Waals surface area (Å²) >= 11 is 0. The zero-order valence-corrected chi connectivity index (χ0v) is 11.2. The zero-order valence-electron chi connectivity index (χ0n) is 11.2. The van der Waals surface area contributed by atoms with Gasteiger partial charge >= 0.3 is 0 Å². The minimum atomic E-state index is -0.633. The quantitative estimate of drug-likeness (QED) is 0.789. The maximum atomic E-state index is 13.7. The second-order valence-corrected chi connectivity index (χ2v) is 4.76. The standard InChI is InChI=1S/C13H12F2N4O2/c1-18-13(10(15)4-17-18)11-2-12(9(14)3-16-11)21-8-5-19(6-8)7-20/h2-4,7-8H,5-6H2,1H3. The van der Waals surface area contributed by atoms with Crippen molar-refractivity contribution >= 4 is 6.41 Å². The number of carbonyl (C=O) groups is 1. The fourth-order valence-electron chi connectivity index (χ4n) is 2.15. The normalized spacial score (nSPS) is 14.9. The summed E-state index contributed by atoms with van der Waals surface area (Å²) in [6, 6.07) is 1.33. The van der Waals surface area contributed by atoms with Crippen LogP contribution < -0.4 is 4.74 Å². The first kappa shape index (κ1) is 13.5. The lowest BCUT2D eigenvalue weighted by molar-refractivity contribution is -0.126. The van der Waals surface area contributed by atoms with E-state index in [0.717, 1.165) is 12.4 Å². The second-order valence-electron chi connectivity index (χ2n) is 4.76. The van der Waals surface area contributed by atoms with Gasteiger partial charge in [0.25, 0.3) is 0 Å². The Balaban J connectivity index is 1.85. The number of rotatable bonds is 4. The molecule has 1 saturated heterocycles. The lowest BCUT2D eigenvalue weighted by Gasteiger charge is -2.36. The Bertz CT molecular complexity index is 663. The number of amides is 1. The number of hydrogen-bond donors (Lipinski definition) is 0. The first-order valence-electron chi connectivity index (χ1n) is 6.28. The molecule has 0 aliphatic carbocycles. The van der Waals surface area contributed by atoms with Crippen molar-refractivity contribution in [2.45, 2.75) is 6.10 Å². The van der Waals surface area contributed by atoms with Crippen LogP contribution in [-0.2, 0) is 11.8 Å². The minimum absolute atomic E-state index is 0.0175. The number of ether oxygens (including phenoxy) is 1. The number of nitrogens with zero attached hydrogens (tertiary/aromatic N) is 4. The highest BCUT2D eigenvalue weighted by Crippen LogP contribution is 2.27. The molecular weight excluding hydrogens is 282 g/mol. The highest BCUT2D eigenvalue weighted by atomic mass is 19.1. The van der Waals surface area contributed by atoms with Gasteiger partial charge in [-0.3, -0.25) is 14.5 Å². The Morgan fingerprint density at radius 2 is 2.10 bits per heavy atom. The van der Waals surface area contributed by atoms with Crippen molar-refractivity contribution in [3.8, 4) is 17.1 Å². The van der Waals surface area contributed by atoms with Crippen LogP contribution >= 0.6 is 0 Å². The van der Waals surface area contributed by atoms with Gasteiger partial charge in [-0.2, -0.15) is 5.10 Å². The van der Waals surface area contributed by atoms with Gasteiger partial charge in [0.05, 0.1) is 31.2 Å². The van der Waals surface area contributed by atoms with Crippen LogP contribution in [0.3, 0.4) is 0 Å². The minimum Gasteiger partial charge on any atom is -0.484 e. The topological polar surface area (TPSA) is 60.2 Å². The Kier molecular flexibility index (Phi) is 3.28. The third kappa shape index (κ3) is 2.44. The van der Waals surface area contributed by atoms with E-state index in [9.17, 15) is 13.6 Å². The molecule has 0 saturated carbocycles. The molecule has 21 heavy (non-hydrogen) atoms. The number of hydrogen-bond acceptors (Lipinski definition) is 4. The van der Waals surface area contributed by atoms with E-state index in [-0.39, 0.29) is 23.2 Å². The third-order valence-electron chi connectivity index (χ3n) is 3.28. The second kappa shape index (κ2) is 5.12. The van der Waals surface area contributed by atoms with Crippen LogP contribution in [-0.4, -0.2) is 45.3 Å². The fourth-order valence-corrected chi connectivity index (χ4v) is 2.15. The number of aromatic nitrogens is 3. The zero-order chi connectivity index (χ0) is 15.0. The van der Waals surface area contributed by atoms with Crippen LogP contribution in [0.25, 0.3) is 11.4 Å². The van der Waals surface area contributed by atoms with Crippen molar-refractivity contribution in [1.82, 2.24) is 19.7 Å². The van der Waals surface area contributed by atoms with Crippen LogP contribution in [0.1, 0.15) is 0 Å². The van der Waals surface area contributed by atoms with E-state index >= 15 is 0 Å². The van der Waals surface area contributed by atoms with E-state index in [2.05, 4.69) is 10.1 Å². The van der Waals surface area contributed by atoms with Crippen molar-refractivity contribution in [3.05, 3.63) is 30.1 Å². The van der Waals surface area contributed by atoms with Gasteiger partial charge < -0.3 is 9.64 Å². The highest BCUT2D eigenvalue weighted by molar-refractivity contribution is 5.57. The molecule has 3 heterocycles. The van der Waals surface area contributed by atoms with E-state index in [0.29, 0.717) is 19.5 Å². The lowest BCUT2D eigenvalue weighted by atomic mass is 10.2. The van der Waals surface area contributed by atoms with Crippen molar-refractivity contribution < 1.29 is 18.3 Å². The van der Waals surface area contributed by atoms with Crippen molar-refractivity contribution in [3.63, 3.8) is 0 Å². The molecule has 1 aliphatic heterocycles. The maximum absolute atomic E-state index is 13.7. The van der Waals surface area contributed by atoms with Crippen LogP contribution in [0.5, 0.6) is 5.75 Å². The molecule has 1 fully saturated rings. The molecule has 0 aromatic carbocycles. The first-order valence-corrected chi connectivity index (χ1v) is 6.28. The molecule has 110 valence electrons. The van der Waals surface area contributed by atoms with Gasteiger partial charge in [0.1, 0.15) is 11.8 Å². The summed E-state index contributed by atoms with van der Waals surface area (Å²) in [5, 5.41) is 3.78. The van der Waals surface area contributed by atoms with Gasteiger partial charge in [-0.05, 0) is 0 Å². The average Bonchev–Trinajstić information content (AvgIpc) is 2.75. The van der Waals surface area contributed by atoms with E-state index in [1.165, 1.54) is 15.6 Å². The Hall–Kier alpha value is -2.51.